The van der Waals surface area contributed by atoms with E-state index < -0.39 is 11.7 Å². The van der Waals surface area contributed by atoms with Gasteiger partial charge in [-0.3, -0.25) is 14.2 Å². The maximum absolute atomic E-state index is 14.1. The van der Waals surface area contributed by atoms with Crippen LogP contribution < -0.4 is 21.9 Å². The summed E-state index contributed by atoms with van der Waals surface area (Å²) < 4.78 is 16.1. The zero-order valence-corrected chi connectivity index (χ0v) is 15.3. The number of carbonyl (C=O) groups is 1. The van der Waals surface area contributed by atoms with Gasteiger partial charge in [-0.1, -0.05) is 6.58 Å². The Hall–Kier alpha value is -2.36. The summed E-state index contributed by atoms with van der Waals surface area (Å²) in [5.74, 6) is -0.958. The third-order valence-electron chi connectivity index (χ3n) is 3.52. The summed E-state index contributed by atoms with van der Waals surface area (Å²) in [6.07, 6.45) is 1.21. The Kier molecular flexibility index (Phi) is 5.27. The first-order valence-corrected chi connectivity index (χ1v) is 7.98. The van der Waals surface area contributed by atoms with Gasteiger partial charge in [-0.15, -0.1) is 0 Å². The van der Waals surface area contributed by atoms with E-state index in [1.54, 1.807) is 6.07 Å². The molecule has 0 aliphatic heterocycles. The second-order valence-corrected chi connectivity index (χ2v) is 6.30. The molecule has 0 atom stereocenters. The lowest BCUT2D eigenvalue weighted by Crippen LogP contribution is -2.29. The number of rotatable bonds is 4. The Morgan fingerprint density at radius 2 is 2.12 bits per heavy atom. The summed E-state index contributed by atoms with van der Waals surface area (Å²) in [4.78, 5) is 24.6. The molecule has 8 heteroatoms. The van der Waals surface area contributed by atoms with Gasteiger partial charge in [-0.05, 0) is 53.9 Å². The van der Waals surface area contributed by atoms with E-state index in [-0.39, 0.29) is 33.9 Å². The molecular weight excluding hydrogens is 426 g/mol. The molecule has 126 valence electrons. The van der Waals surface area contributed by atoms with Gasteiger partial charge in [0.2, 0.25) is 0 Å². The van der Waals surface area contributed by atoms with E-state index in [2.05, 4.69) is 17.2 Å². The van der Waals surface area contributed by atoms with Gasteiger partial charge >= 0.3 is 0 Å². The van der Waals surface area contributed by atoms with Crippen molar-refractivity contribution in [1.82, 2.24) is 9.88 Å². The first-order valence-electron chi connectivity index (χ1n) is 6.90. The quantitative estimate of drug-likeness (QED) is 0.636. The Morgan fingerprint density at radius 1 is 1.46 bits per heavy atom. The number of anilines is 3. The number of hydrogen-bond acceptors (Lipinski definition) is 4. The monoisotopic (exact) mass is 442 g/mol. The molecule has 0 fully saturated rings. The predicted molar refractivity (Wildman–Crippen MR) is 101 cm³/mol. The van der Waals surface area contributed by atoms with E-state index in [1.807, 2.05) is 22.6 Å². The molecule has 4 N–H and O–H groups in total. The summed E-state index contributed by atoms with van der Waals surface area (Å²) in [7, 11) is 1.48. The van der Waals surface area contributed by atoms with Gasteiger partial charge in [0.15, 0.2) is 0 Å². The van der Waals surface area contributed by atoms with Gasteiger partial charge in [0.05, 0.1) is 11.4 Å². The molecule has 0 aliphatic rings. The standard InChI is InChI=1S/C16H16FIN4O2/c1-4-20-15(23)12-13(19)8(2)16(24)22(3)14(12)21-11-6-5-9(18)7-10(11)17/h4-7,21H,1,19H2,2-3H3,(H,20,23). The summed E-state index contributed by atoms with van der Waals surface area (Å²) in [6, 6.07) is 4.56. The van der Waals surface area contributed by atoms with Crippen LogP contribution in [0.2, 0.25) is 0 Å². The van der Waals surface area contributed by atoms with E-state index in [0.717, 1.165) is 3.57 Å². The number of nitrogens with zero attached hydrogens (tertiary/aromatic N) is 1. The van der Waals surface area contributed by atoms with Crippen LogP contribution in [0.15, 0.2) is 35.8 Å². The lowest BCUT2D eigenvalue weighted by atomic mass is 10.1. The summed E-state index contributed by atoms with van der Waals surface area (Å²) in [6.45, 7) is 4.96. The van der Waals surface area contributed by atoms with Crippen LogP contribution in [-0.4, -0.2) is 10.5 Å². The number of benzene rings is 1. The molecular formula is C16H16FIN4O2. The van der Waals surface area contributed by atoms with Gasteiger partial charge in [-0.2, -0.15) is 0 Å². The van der Waals surface area contributed by atoms with Crippen molar-refractivity contribution in [2.24, 2.45) is 7.05 Å². The van der Waals surface area contributed by atoms with Gasteiger partial charge in [0.1, 0.15) is 17.2 Å². The van der Waals surface area contributed by atoms with Crippen LogP contribution in [0.1, 0.15) is 15.9 Å². The molecule has 0 saturated carbocycles. The Balaban J connectivity index is 2.69. The largest absolute Gasteiger partial charge is 0.398 e. The normalized spacial score (nSPS) is 10.3. The molecule has 1 aromatic carbocycles. The molecule has 2 rings (SSSR count). The molecule has 0 saturated heterocycles. The number of nitrogens with two attached hydrogens (primary N) is 1. The van der Waals surface area contributed by atoms with Crippen LogP contribution in [0.5, 0.6) is 0 Å². The Morgan fingerprint density at radius 3 is 2.71 bits per heavy atom. The number of amides is 1. The van der Waals surface area contributed by atoms with Gasteiger partial charge in [0, 0.05) is 16.2 Å². The molecule has 1 amide bonds. The van der Waals surface area contributed by atoms with Gasteiger partial charge in [0.25, 0.3) is 11.5 Å². The molecule has 0 spiro atoms. The van der Waals surface area contributed by atoms with E-state index in [4.69, 9.17) is 5.73 Å². The molecule has 2 aromatic rings. The molecule has 24 heavy (non-hydrogen) atoms. The van der Waals surface area contributed by atoms with Crippen molar-refractivity contribution >= 4 is 45.7 Å². The highest BCUT2D eigenvalue weighted by Gasteiger charge is 2.22. The summed E-state index contributed by atoms with van der Waals surface area (Å²) >= 11 is 1.98. The highest BCUT2D eigenvalue weighted by atomic mass is 127. The van der Waals surface area contributed by atoms with Crippen LogP contribution in [0.25, 0.3) is 0 Å². The van der Waals surface area contributed by atoms with E-state index >= 15 is 0 Å². The van der Waals surface area contributed by atoms with Crippen molar-refractivity contribution < 1.29 is 9.18 Å². The zero-order valence-electron chi connectivity index (χ0n) is 13.1. The van der Waals surface area contributed by atoms with E-state index in [9.17, 15) is 14.0 Å². The summed E-state index contributed by atoms with van der Waals surface area (Å²) in [5, 5.41) is 5.22. The number of hydrogen-bond donors (Lipinski definition) is 3. The first-order chi connectivity index (χ1) is 11.3. The fraction of sp³-hybridized carbons (Fsp3) is 0.125. The van der Waals surface area contributed by atoms with Crippen LogP contribution in [0.4, 0.5) is 21.6 Å². The topological polar surface area (TPSA) is 89.2 Å². The fourth-order valence-corrected chi connectivity index (χ4v) is 2.66. The zero-order chi connectivity index (χ0) is 18.0. The molecule has 0 bridgehead atoms. The van der Waals surface area contributed by atoms with Crippen LogP contribution in [0, 0.1) is 16.3 Å². The van der Waals surface area contributed by atoms with Crippen molar-refractivity contribution in [3.05, 3.63) is 61.8 Å². The molecule has 0 aliphatic carbocycles. The minimum Gasteiger partial charge on any atom is -0.398 e. The fourth-order valence-electron chi connectivity index (χ4n) is 2.21. The second kappa shape index (κ2) is 7.04. The smallest absolute Gasteiger partial charge is 0.260 e. The Bertz CT molecular complexity index is 893. The molecule has 1 heterocycles. The predicted octanol–water partition coefficient (Wildman–Crippen LogP) is 2.64. The number of carbonyl (C=O) groups excluding carboxylic acids is 1. The van der Waals surface area contributed by atoms with Crippen LogP contribution >= 0.6 is 22.6 Å². The number of nitrogens with one attached hydrogen (secondary N) is 2. The highest BCUT2D eigenvalue weighted by Crippen LogP contribution is 2.27. The minimum absolute atomic E-state index is 0.0332. The van der Waals surface area contributed by atoms with Crippen molar-refractivity contribution in [3.63, 3.8) is 0 Å². The van der Waals surface area contributed by atoms with Crippen molar-refractivity contribution in [2.75, 3.05) is 11.1 Å². The van der Waals surface area contributed by atoms with E-state index in [0.29, 0.717) is 0 Å². The minimum atomic E-state index is -0.547. The van der Waals surface area contributed by atoms with Crippen molar-refractivity contribution in [1.29, 1.82) is 0 Å². The average Bonchev–Trinajstić information content (AvgIpc) is 2.53. The lowest BCUT2D eigenvalue weighted by Gasteiger charge is -2.19. The molecule has 0 radical (unpaired) electrons. The second-order valence-electron chi connectivity index (χ2n) is 5.05. The number of pyridine rings is 1. The van der Waals surface area contributed by atoms with Crippen molar-refractivity contribution in [3.8, 4) is 0 Å². The number of nitrogen functional groups attached to an aromatic ring is 1. The first kappa shape index (κ1) is 18.0. The third-order valence-corrected chi connectivity index (χ3v) is 4.19. The molecule has 6 nitrogen and oxygen atoms in total. The average molecular weight is 442 g/mol. The SMILES string of the molecule is C=CNC(=O)c1c(N)c(C)c(=O)n(C)c1Nc1ccc(I)cc1F. The number of aromatic nitrogens is 1. The highest BCUT2D eigenvalue weighted by molar-refractivity contribution is 14.1. The van der Waals surface area contributed by atoms with Crippen LogP contribution in [-0.2, 0) is 7.05 Å². The van der Waals surface area contributed by atoms with E-state index in [1.165, 1.54) is 36.9 Å². The van der Waals surface area contributed by atoms with Crippen LogP contribution in [0.3, 0.4) is 0 Å². The van der Waals surface area contributed by atoms with Gasteiger partial charge in [-0.25, -0.2) is 4.39 Å². The summed E-state index contributed by atoms with van der Waals surface area (Å²) in [5.41, 5.74) is 6.02. The number of halogens is 2. The lowest BCUT2D eigenvalue weighted by molar-refractivity contribution is 0.0971. The third kappa shape index (κ3) is 3.28. The molecule has 1 aromatic heterocycles. The van der Waals surface area contributed by atoms with Gasteiger partial charge < -0.3 is 16.4 Å². The molecule has 0 unspecified atom stereocenters. The Labute approximate surface area is 151 Å². The maximum Gasteiger partial charge on any atom is 0.260 e. The maximum atomic E-state index is 14.1. The van der Waals surface area contributed by atoms with Crippen molar-refractivity contribution in [2.45, 2.75) is 6.92 Å².